The Bertz CT molecular complexity index is 866. The number of phosphoric acid groups is 1. The summed E-state index contributed by atoms with van der Waals surface area (Å²) in [5, 5.41) is 0. The zero-order valence-corrected chi connectivity index (χ0v) is 18.8. The van der Waals surface area contributed by atoms with Crippen LogP contribution >= 0.6 is 7.82 Å². The molecule has 2 rings (SSSR count). The number of nitrogens with zero attached hydrogens (tertiary/aromatic N) is 1. The number of hydrogen-bond donors (Lipinski definition) is 2. The SMILES string of the molecule is CO[C@@H]1[C@H](OP(=O)(O)OC(C)(C)C)[C@@H](CC(C)(C)C)O[C@H]1n1ccc(=O)[nH]c1=O. The van der Waals surface area contributed by atoms with Gasteiger partial charge in [-0.2, -0.15) is 0 Å². The molecule has 1 saturated heterocycles. The molecular formula is C18H31N2O8P. The molecular weight excluding hydrogens is 403 g/mol. The summed E-state index contributed by atoms with van der Waals surface area (Å²) in [5.74, 6) is 0. The second-order valence-electron chi connectivity index (χ2n) is 9.29. The minimum atomic E-state index is -4.46. The minimum Gasteiger partial charge on any atom is -0.374 e. The molecule has 10 nitrogen and oxygen atoms in total. The molecule has 1 aromatic rings. The van der Waals surface area contributed by atoms with Crippen molar-refractivity contribution in [2.24, 2.45) is 5.41 Å². The second-order valence-corrected chi connectivity index (χ2v) is 10.6. The summed E-state index contributed by atoms with van der Waals surface area (Å²) in [6.07, 6.45) is -1.75. The largest absolute Gasteiger partial charge is 0.473 e. The van der Waals surface area contributed by atoms with Crippen LogP contribution in [0.3, 0.4) is 0 Å². The monoisotopic (exact) mass is 434 g/mol. The van der Waals surface area contributed by atoms with E-state index >= 15 is 0 Å². The molecule has 2 heterocycles. The highest BCUT2D eigenvalue weighted by Gasteiger charge is 2.51. The molecule has 11 heteroatoms. The fourth-order valence-corrected chi connectivity index (χ4v) is 4.53. The molecule has 0 bridgehead atoms. The van der Waals surface area contributed by atoms with Gasteiger partial charge in [0, 0.05) is 19.4 Å². The summed E-state index contributed by atoms with van der Waals surface area (Å²) in [7, 11) is -3.07. The van der Waals surface area contributed by atoms with E-state index in [0.29, 0.717) is 6.42 Å². The van der Waals surface area contributed by atoms with Crippen LogP contribution < -0.4 is 11.2 Å². The molecule has 1 aromatic heterocycles. The van der Waals surface area contributed by atoms with Crippen LogP contribution in [0.1, 0.15) is 54.2 Å². The summed E-state index contributed by atoms with van der Waals surface area (Å²) in [6.45, 7) is 10.9. The Labute approximate surface area is 169 Å². The third kappa shape index (κ3) is 6.60. The van der Waals surface area contributed by atoms with E-state index in [9.17, 15) is 19.0 Å². The van der Waals surface area contributed by atoms with E-state index in [1.807, 2.05) is 20.8 Å². The number of ether oxygens (including phenoxy) is 2. The smallest absolute Gasteiger partial charge is 0.374 e. The van der Waals surface area contributed by atoms with Crippen molar-refractivity contribution in [1.82, 2.24) is 9.55 Å². The van der Waals surface area contributed by atoms with Gasteiger partial charge in [-0.3, -0.25) is 23.4 Å². The molecule has 1 aliphatic heterocycles. The van der Waals surface area contributed by atoms with Gasteiger partial charge in [0.1, 0.15) is 12.2 Å². The molecule has 0 spiro atoms. The van der Waals surface area contributed by atoms with Gasteiger partial charge in [0.2, 0.25) is 0 Å². The van der Waals surface area contributed by atoms with E-state index in [1.54, 1.807) is 20.8 Å². The van der Waals surface area contributed by atoms with Crippen molar-refractivity contribution in [2.45, 2.75) is 78.1 Å². The Hall–Kier alpha value is -1.29. The number of phosphoric ester groups is 1. The predicted octanol–water partition coefficient (Wildman–Crippen LogP) is 2.19. The molecule has 29 heavy (non-hydrogen) atoms. The maximum Gasteiger partial charge on any atom is 0.473 e. The summed E-state index contributed by atoms with van der Waals surface area (Å²) < 4.78 is 36.0. The van der Waals surface area contributed by atoms with Gasteiger partial charge in [-0.25, -0.2) is 9.36 Å². The first-order valence-corrected chi connectivity index (χ1v) is 10.8. The molecule has 0 radical (unpaired) electrons. The molecule has 2 N–H and O–H groups in total. The van der Waals surface area contributed by atoms with E-state index in [2.05, 4.69) is 4.98 Å². The van der Waals surface area contributed by atoms with Crippen molar-refractivity contribution in [1.29, 1.82) is 0 Å². The molecule has 0 aromatic carbocycles. The van der Waals surface area contributed by atoms with Crippen molar-refractivity contribution in [3.05, 3.63) is 33.1 Å². The summed E-state index contributed by atoms with van der Waals surface area (Å²) >= 11 is 0. The molecule has 166 valence electrons. The zero-order valence-electron chi connectivity index (χ0n) is 17.9. The summed E-state index contributed by atoms with van der Waals surface area (Å²) in [4.78, 5) is 36.1. The van der Waals surface area contributed by atoms with Crippen LogP contribution in [0.15, 0.2) is 21.9 Å². The predicted molar refractivity (Wildman–Crippen MR) is 106 cm³/mol. The topological polar surface area (TPSA) is 129 Å². The van der Waals surface area contributed by atoms with Gasteiger partial charge in [-0.1, -0.05) is 20.8 Å². The van der Waals surface area contributed by atoms with E-state index < -0.39 is 49.2 Å². The summed E-state index contributed by atoms with van der Waals surface area (Å²) in [6, 6.07) is 1.18. The fraction of sp³-hybridized carbons (Fsp3) is 0.778. The quantitative estimate of drug-likeness (QED) is 0.652. The number of methoxy groups -OCH3 is 1. The molecule has 0 aliphatic carbocycles. The Balaban J connectivity index is 2.42. The highest BCUT2D eigenvalue weighted by Crippen LogP contribution is 2.52. The fourth-order valence-electron chi connectivity index (χ4n) is 3.23. The van der Waals surface area contributed by atoms with Crippen molar-refractivity contribution in [3.8, 4) is 0 Å². The third-order valence-corrected chi connectivity index (χ3v) is 5.43. The van der Waals surface area contributed by atoms with Crippen LogP contribution in [0.4, 0.5) is 0 Å². The average Bonchev–Trinajstić information content (AvgIpc) is 2.79. The lowest BCUT2D eigenvalue weighted by atomic mass is 9.87. The average molecular weight is 434 g/mol. The first-order chi connectivity index (χ1) is 13.1. The number of hydrogen-bond acceptors (Lipinski definition) is 7. The Morgan fingerprint density at radius 3 is 2.31 bits per heavy atom. The maximum absolute atomic E-state index is 12.6. The van der Waals surface area contributed by atoms with Gasteiger partial charge < -0.3 is 14.4 Å². The van der Waals surface area contributed by atoms with Crippen LogP contribution in [0, 0.1) is 5.41 Å². The normalized spacial score (nSPS) is 27.7. The van der Waals surface area contributed by atoms with E-state index in [0.717, 1.165) is 0 Å². The van der Waals surface area contributed by atoms with Crippen LogP contribution in [-0.2, 0) is 23.1 Å². The Morgan fingerprint density at radius 2 is 1.83 bits per heavy atom. The lowest BCUT2D eigenvalue weighted by Crippen LogP contribution is -2.40. The number of rotatable bonds is 6. The van der Waals surface area contributed by atoms with Crippen molar-refractivity contribution in [2.75, 3.05) is 7.11 Å². The van der Waals surface area contributed by atoms with Gasteiger partial charge in [-0.15, -0.1) is 0 Å². The standard InChI is InChI=1S/C18H31N2O8P/c1-17(2,3)10-11-13(27-29(23,24)28-18(4,5)6)14(25-7)15(26-11)20-9-8-12(21)19-16(20)22/h8-9,11,13-15H,10H2,1-7H3,(H,23,24)(H,19,21,22)/t11-,13-,14-,15-/m1/s1. The van der Waals surface area contributed by atoms with Gasteiger partial charge in [0.15, 0.2) is 6.23 Å². The number of aromatic nitrogens is 2. The van der Waals surface area contributed by atoms with E-state index in [4.69, 9.17) is 18.5 Å². The number of aromatic amines is 1. The van der Waals surface area contributed by atoms with Crippen molar-refractivity contribution < 1.29 is 28.0 Å². The molecule has 0 amide bonds. The van der Waals surface area contributed by atoms with Crippen LogP contribution in [0.25, 0.3) is 0 Å². The second kappa shape index (κ2) is 8.45. The van der Waals surface area contributed by atoms with Crippen LogP contribution in [0.2, 0.25) is 0 Å². The Morgan fingerprint density at radius 1 is 1.21 bits per heavy atom. The minimum absolute atomic E-state index is 0.209. The highest BCUT2D eigenvalue weighted by atomic mass is 31.2. The molecule has 1 fully saturated rings. The lowest BCUT2D eigenvalue weighted by molar-refractivity contribution is -0.0594. The Kier molecular flexibility index (Phi) is 6.99. The maximum atomic E-state index is 12.6. The van der Waals surface area contributed by atoms with Gasteiger partial charge in [-0.05, 0) is 32.6 Å². The molecule has 1 unspecified atom stereocenters. The van der Waals surface area contributed by atoms with Gasteiger partial charge in [0.05, 0.1) is 11.7 Å². The zero-order chi connectivity index (χ0) is 22.2. The van der Waals surface area contributed by atoms with E-state index in [1.165, 1.54) is 23.9 Å². The van der Waals surface area contributed by atoms with Crippen molar-refractivity contribution in [3.63, 3.8) is 0 Å². The third-order valence-electron chi connectivity index (χ3n) is 4.14. The van der Waals surface area contributed by atoms with Gasteiger partial charge in [0.25, 0.3) is 5.56 Å². The highest BCUT2D eigenvalue weighted by molar-refractivity contribution is 7.47. The lowest BCUT2D eigenvalue weighted by Gasteiger charge is -2.30. The molecule has 1 aliphatic rings. The van der Waals surface area contributed by atoms with E-state index in [-0.39, 0.29) is 5.41 Å². The van der Waals surface area contributed by atoms with Crippen LogP contribution in [0.5, 0.6) is 0 Å². The van der Waals surface area contributed by atoms with Crippen molar-refractivity contribution >= 4 is 7.82 Å². The number of H-pyrrole nitrogens is 1. The first-order valence-electron chi connectivity index (χ1n) is 9.33. The van der Waals surface area contributed by atoms with Gasteiger partial charge >= 0.3 is 13.5 Å². The first kappa shape index (κ1) is 24.0. The number of nitrogens with one attached hydrogen (secondary N) is 1. The molecule has 5 atom stereocenters. The summed E-state index contributed by atoms with van der Waals surface area (Å²) in [5.41, 5.74) is -2.35. The molecule has 0 saturated carbocycles. The van der Waals surface area contributed by atoms with Crippen LogP contribution in [-0.4, -0.2) is 45.5 Å².